The highest BCUT2D eigenvalue weighted by Gasteiger charge is 2.63. The first kappa shape index (κ1) is 19.0. The summed E-state index contributed by atoms with van der Waals surface area (Å²) in [4.78, 5) is 13.3. The molecule has 2 spiro atoms. The Balaban J connectivity index is 1.27. The minimum absolute atomic E-state index is 0.148. The van der Waals surface area contributed by atoms with Gasteiger partial charge in [0.1, 0.15) is 5.78 Å². The molecule has 4 fully saturated rings. The first-order chi connectivity index (χ1) is 12.6. The Labute approximate surface area is 162 Å². The Morgan fingerprint density at radius 3 is 1.77 bits per heavy atom. The van der Waals surface area contributed by atoms with Crippen LogP contribution in [0.1, 0.15) is 117 Å². The number of hydrogen-bond acceptors (Lipinski definition) is 1. The third-order valence-electron chi connectivity index (χ3n) is 9.52. The van der Waals surface area contributed by atoms with Gasteiger partial charge in [-0.05, 0) is 94.3 Å². The van der Waals surface area contributed by atoms with Gasteiger partial charge < -0.3 is 0 Å². The molecular formula is C25H42O. The van der Waals surface area contributed by atoms with Gasteiger partial charge >= 0.3 is 0 Å². The molecule has 0 saturated heterocycles. The molecule has 4 rings (SSSR count). The molecule has 0 aromatic carbocycles. The molecule has 4 aliphatic carbocycles. The molecule has 0 aromatic rings. The number of Topliss-reactive ketones (excluding diaryl/α,β-unsaturated/α-hetero) is 1. The molecule has 0 bridgehead atoms. The fourth-order valence-corrected chi connectivity index (χ4v) is 7.73. The largest absolute Gasteiger partial charge is 0.298 e. The van der Waals surface area contributed by atoms with E-state index in [4.69, 9.17) is 0 Å². The van der Waals surface area contributed by atoms with E-state index in [9.17, 15) is 4.79 Å². The lowest BCUT2D eigenvalue weighted by molar-refractivity contribution is -0.169. The average Bonchev–Trinajstić information content (AvgIpc) is 2.70. The summed E-state index contributed by atoms with van der Waals surface area (Å²) >= 11 is 0. The summed E-state index contributed by atoms with van der Waals surface area (Å²) in [5.74, 6) is 4.60. The lowest BCUT2D eigenvalue weighted by atomic mass is 9.43. The van der Waals surface area contributed by atoms with Crippen LogP contribution < -0.4 is 0 Å². The molecule has 148 valence electrons. The Morgan fingerprint density at radius 2 is 1.27 bits per heavy atom. The van der Waals surface area contributed by atoms with Gasteiger partial charge in [-0.1, -0.05) is 46.0 Å². The van der Waals surface area contributed by atoms with Crippen LogP contribution in [0.15, 0.2) is 0 Å². The quantitative estimate of drug-likeness (QED) is 0.514. The molecule has 1 heteroatoms. The van der Waals surface area contributed by atoms with E-state index in [1.54, 1.807) is 0 Å². The van der Waals surface area contributed by atoms with Crippen LogP contribution in [0.3, 0.4) is 0 Å². The monoisotopic (exact) mass is 358 g/mol. The van der Waals surface area contributed by atoms with E-state index < -0.39 is 0 Å². The lowest BCUT2D eigenvalue weighted by Crippen LogP contribution is -2.59. The van der Waals surface area contributed by atoms with Crippen molar-refractivity contribution in [2.24, 2.45) is 34.5 Å². The molecule has 4 saturated carbocycles. The second-order valence-electron chi connectivity index (χ2n) is 10.8. The van der Waals surface area contributed by atoms with Crippen LogP contribution >= 0.6 is 0 Å². The van der Waals surface area contributed by atoms with Gasteiger partial charge in [-0.25, -0.2) is 0 Å². The van der Waals surface area contributed by atoms with Crippen LogP contribution in [0.25, 0.3) is 0 Å². The zero-order valence-corrected chi connectivity index (χ0v) is 17.5. The van der Waals surface area contributed by atoms with Crippen molar-refractivity contribution < 1.29 is 4.79 Å². The Kier molecular flexibility index (Phi) is 5.55. The van der Waals surface area contributed by atoms with Gasteiger partial charge in [0.05, 0.1) is 0 Å². The van der Waals surface area contributed by atoms with E-state index in [1.807, 2.05) is 0 Å². The molecule has 0 amide bonds. The Hall–Kier alpha value is -0.330. The molecule has 0 radical (unpaired) electrons. The summed E-state index contributed by atoms with van der Waals surface area (Å²) in [6, 6.07) is 0. The smallest absolute Gasteiger partial charge is 0.145 e. The van der Waals surface area contributed by atoms with E-state index in [-0.39, 0.29) is 10.8 Å². The molecule has 1 nitrogen and oxygen atoms in total. The van der Waals surface area contributed by atoms with Gasteiger partial charge in [-0.3, -0.25) is 4.79 Å². The summed E-state index contributed by atoms with van der Waals surface area (Å²) in [5.41, 5.74) is 0.297. The van der Waals surface area contributed by atoms with Crippen molar-refractivity contribution >= 4 is 5.78 Å². The van der Waals surface area contributed by atoms with Crippen LogP contribution in [0.2, 0.25) is 0 Å². The number of rotatable bonds is 4. The fourth-order valence-electron chi connectivity index (χ4n) is 7.73. The predicted molar refractivity (Wildman–Crippen MR) is 109 cm³/mol. The summed E-state index contributed by atoms with van der Waals surface area (Å²) in [7, 11) is 0. The maximum atomic E-state index is 13.3. The summed E-state index contributed by atoms with van der Waals surface area (Å²) in [5, 5.41) is 0. The predicted octanol–water partition coefficient (Wildman–Crippen LogP) is 7.33. The third kappa shape index (κ3) is 3.30. The number of ketones is 1. The highest BCUT2D eigenvalue weighted by Crippen LogP contribution is 2.64. The second-order valence-corrected chi connectivity index (χ2v) is 10.8. The van der Waals surface area contributed by atoms with Gasteiger partial charge in [0.2, 0.25) is 0 Å². The van der Waals surface area contributed by atoms with Gasteiger partial charge in [0, 0.05) is 10.8 Å². The topological polar surface area (TPSA) is 17.1 Å². The van der Waals surface area contributed by atoms with Crippen molar-refractivity contribution in [2.75, 3.05) is 0 Å². The number of hydrogen-bond donors (Lipinski definition) is 0. The summed E-state index contributed by atoms with van der Waals surface area (Å²) in [6.45, 7) is 4.67. The molecule has 0 aliphatic heterocycles. The number of carbonyl (C=O) groups excluding carboxylic acids is 1. The van der Waals surface area contributed by atoms with Crippen molar-refractivity contribution in [1.29, 1.82) is 0 Å². The zero-order valence-electron chi connectivity index (χ0n) is 17.5. The van der Waals surface area contributed by atoms with Crippen molar-refractivity contribution in [2.45, 2.75) is 117 Å². The first-order valence-corrected chi connectivity index (χ1v) is 12.2. The van der Waals surface area contributed by atoms with E-state index >= 15 is 0 Å². The maximum absolute atomic E-state index is 13.3. The molecule has 0 atom stereocenters. The van der Waals surface area contributed by atoms with Gasteiger partial charge in [0.15, 0.2) is 0 Å². The van der Waals surface area contributed by atoms with E-state index in [1.165, 1.54) is 103 Å². The highest BCUT2D eigenvalue weighted by molar-refractivity contribution is 5.96. The molecule has 26 heavy (non-hydrogen) atoms. The van der Waals surface area contributed by atoms with E-state index in [0.717, 1.165) is 29.5 Å². The second kappa shape index (κ2) is 7.59. The van der Waals surface area contributed by atoms with Gasteiger partial charge in [-0.2, -0.15) is 0 Å². The van der Waals surface area contributed by atoms with Crippen LogP contribution in [0, 0.1) is 34.5 Å². The fraction of sp³-hybridized carbons (Fsp3) is 0.960. The molecule has 4 aliphatic rings. The van der Waals surface area contributed by atoms with Crippen molar-refractivity contribution in [3.8, 4) is 0 Å². The minimum Gasteiger partial charge on any atom is -0.298 e. The summed E-state index contributed by atoms with van der Waals surface area (Å²) in [6.07, 6.45) is 21.6. The van der Waals surface area contributed by atoms with Crippen molar-refractivity contribution in [3.05, 3.63) is 0 Å². The minimum atomic E-state index is 0.148. The summed E-state index contributed by atoms with van der Waals surface area (Å²) < 4.78 is 0. The average molecular weight is 359 g/mol. The SMILES string of the molecule is CCCC1CCC2(CC1)CC1(CCC(C3CCC(CC)CC3)CC1)C2=O. The molecular weight excluding hydrogens is 316 g/mol. The van der Waals surface area contributed by atoms with Gasteiger partial charge in [-0.15, -0.1) is 0 Å². The van der Waals surface area contributed by atoms with Crippen molar-refractivity contribution in [3.63, 3.8) is 0 Å². The third-order valence-corrected chi connectivity index (χ3v) is 9.52. The van der Waals surface area contributed by atoms with E-state index in [0.29, 0.717) is 0 Å². The van der Waals surface area contributed by atoms with Gasteiger partial charge in [0.25, 0.3) is 0 Å². The first-order valence-electron chi connectivity index (χ1n) is 12.2. The van der Waals surface area contributed by atoms with Crippen LogP contribution in [0.4, 0.5) is 0 Å². The molecule has 0 heterocycles. The maximum Gasteiger partial charge on any atom is 0.145 e. The highest BCUT2D eigenvalue weighted by atomic mass is 16.1. The van der Waals surface area contributed by atoms with Crippen molar-refractivity contribution in [1.82, 2.24) is 0 Å². The van der Waals surface area contributed by atoms with Crippen LogP contribution in [-0.4, -0.2) is 5.78 Å². The molecule has 0 N–H and O–H groups in total. The molecule has 0 aromatic heterocycles. The molecule has 0 unspecified atom stereocenters. The Morgan fingerprint density at radius 1 is 0.731 bits per heavy atom. The standard InChI is InChI=1S/C25H42O/c1-3-5-20-10-14-24(15-11-20)18-25(23(24)26)16-12-22(13-17-25)21-8-6-19(4-2)7-9-21/h19-22H,3-18H2,1-2H3. The number of carbonyl (C=O) groups is 1. The van der Waals surface area contributed by atoms with Crippen LogP contribution in [-0.2, 0) is 4.79 Å². The van der Waals surface area contributed by atoms with Crippen LogP contribution in [0.5, 0.6) is 0 Å². The Bertz CT molecular complexity index is 482. The van der Waals surface area contributed by atoms with E-state index in [2.05, 4.69) is 13.8 Å². The normalized spacial score (nSPS) is 46.5. The lowest BCUT2D eigenvalue weighted by Gasteiger charge is -2.59. The zero-order chi connectivity index (χ0) is 18.2.